The summed E-state index contributed by atoms with van der Waals surface area (Å²) in [5, 5.41) is 8.83. The number of esters is 1. The van der Waals surface area contributed by atoms with Crippen molar-refractivity contribution in [1.29, 1.82) is 5.26 Å². The van der Waals surface area contributed by atoms with Crippen LogP contribution >= 0.6 is 12.6 Å². The normalized spacial score (nSPS) is 9.29. The van der Waals surface area contributed by atoms with Gasteiger partial charge in [-0.1, -0.05) is 0 Å². The number of ether oxygens (including phenoxy) is 1. The van der Waals surface area contributed by atoms with Crippen molar-refractivity contribution < 1.29 is 9.53 Å². The highest BCUT2D eigenvalue weighted by Gasteiger charge is 2.13. The van der Waals surface area contributed by atoms with Crippen molar-refractivity contribution in [3.05, 3.63) is 28.8 Å². The Bertz CT molecular complexity index is 421. The van der Waals surface area contributed by atoms with E-state index in [-0.39, 0.29) is 0 Å². The fourth-order valence-corrected chi connectivity index (χ4v) is 1.46. The second-order valence-electron chi connectivity index (χ2n) is 2.74. The summed E-state index contributed by atoms with van der Waals surface area (Å²) in [4.78, 5) is 11.8. The van der Waals surface area contributed by atoms with Gasteiger partial charge in [-0.3, -0.25) is 0 Å². The zero-order valence-corrected chi connectivity index (χ0v) is 8.76. The summed E-state index contributed by atoms with van der Waals surface area (Å²) in [6, 6.07) is 5.21. The van der Waals surface area contributed by atoms with Gasteiger partial charge >= 0.3 is 5.97 Å². The topological polar surface area (TPSA) is 50.1 Å². The van der Waals surface area contributed by atoms with Crippen LogP contribution in [0.2, 0.25) is 0 Å². The largest absolute Gasteiger partial charge is 0.465 e. The minimum Gasteiger partial charge on any atom is -0.465 e. The van der Waals surface area contributed by atoms with E-state index < -0.39 is 5.97 Å². The number of nitrogens with zero attached hydrogens (tertiary/aromatic N) is 1. The second kappa shape index (κ2) is 4.16. The maximum Gasteiger partial charge on any atom is 0.338 e. The van der Waals surface area contributed by atoms with Gasteiger partial charge in [-0.15, -0.1) is 12.6 Å². The van der Waals surface area contributed by atoms with Crippen LogP contribution in [0.15, 0.2) is 17.0 Å². The SMILES string of the molecule is COC(=O)c1ccc(S)c(C#N)c1C. The van der Waals surface area contributed by atoms with Crippen molar-refractivity contribution in [2.75, 3.05) is 7.11 Å². The predicted molar refractivity (Wildman–Crippen MR) is 54.5 cm³/mol. The molecule has 0 fully saturated rings. The Morgan fingerprint density at radius 2 is 2.21 bits per heavy atom. The summed E-state index contributed by atoms with van der Waals surface area (Å²) in [6.45, 7) is 1.70. The molecule has 0 aliphatic rings. The number of nitriles is 1. The van der Waals surface area contributed by atoms with Gasteiger partial charge in [-0.05, 0) is 24.6 Å². The fraction of sp³-hybridized carbons (Fsp3) is 0.200. The lowest BCUT2D eigenvalue weighted by Crippen LogP contribution is -2.05. The number of hydrogen-bond acceptors (Lipinski definition) is 4. The Morgan fingerprint density at radius 1 is 1.57 bits per heavy atom. The molecule has 14 heavy (non-hydrogen) atoms. The van der Waals surface area contributed by atoms with Gasteiger partial charge in [-0.25, -0.2) is 4.79 Å². The van der Waals surface area contributed by atoms with E-state index in [2.05, 4.69) is 17.4 Å². The number of benzene rings is 1. The standard InChI is InChI=1S/C10H9NO2S/c1-6-7(10(12)13-2)3-4-9(14)8(6)5-11/h3-4,14H,1-2H3. The van der Waals surface area contributed by atoms with Gasteiger partial charge in [0.25, 0.3) is 0 Å². The van der Waals surface area contributed by atoms with E-state index in [0.717, 1.165) is 0 Å². The van der Waals surface area contributed by atoms with Gasteiger partial charge < -0.3 is 4.74 Å². The average molecular weight is 207 g/mol. The highest BCUT2D eigenvalue weighted by Crippen LogP contribution is 2.21. The van der Waals surface area contributed by atoms with Gasteiger partial charge in [0.05, 0.1) is 18.2 Å². The third-order valence-corrected chi connectivity index (χ3v) is 2.33. The molecule has 0 unspecified atom stereocenters. The highest BCUT2D eigenvalue weighted by molar-refractivity contribution is 7.80. The van der Waals surface area contributed by atoms with Crippen LogP contribution in [0.1, 0.15) is 21.5 Å². The Hall–Kier alpha value is -1.47. The Labute approximate surface area is 87.7 Å². The molecule has 0 amide bonds. The summed E-state index contributed by atoms with van der Waals surface area (Å²) in [7, 11) is 1.31. The molecule has 0 aromatic heterocycles. The van der Waals surface area contributed by atoms with Crippen LogP contribution in [0.3, 0.4) is 0 Å². The van der Waals surface area contributed by atoms with Crippen molar-refractivity contribution in [1.82, 2.24) is 0 Å². The third kappa shape index (κ3) is 1.73. The first-order valence-electron chi connectivity index (χ1n) is 3.92. The quantitative estimate of drug-likeness (QED) is 0.565. The molecular formula is C10H9NO2S. The molecule has 0 saturated heterocycles. The molecule has 0 saturated carbocycles. The van der Waals surface area contributed by atoms with Crippen molar-refractivity contribution in [3.8, 4) is 6.07 Å². The minimum atomic E-state index is -0.438. The van der Waals surface area contributed by atoms with Gasteiger partial charge in [-0.2, -0.15) is 5.26 Å². The Kier molecular flexibility index (Phi) is 3.15. The molecule has 1 rings (SSSR count). The summed E-state index contributed by atoms with van der Waals surface area (Å²) >= 11 is 4.12. The number of carbonyl (C=O) groups excluding carboxylic acids is 1. The highest BCUT2D eigenvalue weighted by atomic mass is 32.1. The molecule has 0 spiro atoms. The lowest BCUT2D eigenvalue weighted by Gasteiger charge is -2.06. The number of rotatable bonds is 1. The number of carbonyl (C=O) groups is 1. The smallest absolute Gasteiger partial charge is 0.338 e. The van der Waals surface area contributed by atoms with Crippen LogP contribution < -0.4 is 0 Å². The van der Waals surface area contributed by atoms with E-state index in [9.17, 15) is 4.79 Å². The van der Waals surface area contributed by atoms with E-state index >= 15 is 0 Å². The summed E-state index contributed by atoms with van der Waals surface area (Å²) in [6.07, 6.45) is 0. The summed E-state index contributed by atoms with van der Waals surface area (Å²) < 4.78 is 4.58. The Morgan fingerprint density at radius 3 is 2.71 bits per heavy atom. The first kappa shape index (κ1) is 10.6. The zero-order valence-electron chi connectivity index (χ0n) is 7.87. The van der Waals surface area contributed by atoms with E-state index in [1.807, 2.05) is 6.07 Å². The minimum absolute atomic E-state index is 0.404. The number of methoxy groups -OCH3 is 1. The lowest BCUT2D eigenvalue weighted by molar-refractivity contribution is 0.0600. The maximum atomic E-state index is 11.3. The summed E-state index contributed by atoms with van der Waals surface area (Å²) in [5.41, 5.74) is 1.42. The molecule has 4 heteroatoms. The van der Waals surface area contributed by atoms with E-state index in [4.69, 9.17) is 5.26 Å². The molecule has 1 aromatic rings. The Balaban J connectivity index is 3.37. The van der Waals surface area contributed by atoms with Crippen molar-refractivity contribution in [2.24, 2.45) is 0 Å². The molecule has 0 heterocycles. The monoisotopic (exact) mass is 207 g/mol. The van der Waals surface area contributed by atoms with Gasteiger partial charge in [0.1, 0.15) is 6.07 Å². The van der Waals surface area contributed by atoms with E-state index in [1.165, 1.54) is 7.11 Å². The molecule has 0 aliphatic carbocycles. The third-order valence-electron chi connectivity index (χ3n) is 1.96. The molecule has 0 aliphatic heterocycles. The lowest BCUT2D eigenvalue weighted by atomic mass is 10.0. The first-order chi connectivity index (χ1) is 6.61. The van der Waals surface area contributed by atoms with Gasteiger partial charge in [0.15, 0.2) is 0 Å². The van der Waals surface area contributed by atoms with Gasteiger partial charge in [0, 0.05) is 4.90 Å². The van der Waals surface area contributed by atoms with Crippen LogP contribution in [0, 0.1) is 18.3 Å². The molecule has 0 radical (unpaired) electrons. The van der Waals surface area contributed by atoms with Crippen molar-refractivity contribution in [3.63, 3.8) is 0 Å². The maximum absolute atomic E-state index is 11.3. The molecular weight excluding hydrogens is 198 g/mol. The molecule has 1 aromatic carbocycles. The van der Waals surface area contributed by atoms with Crippen LogP contribution in [0.5, 0.6) is 0 Å². The van der Waals surface area contributed by atoms with Crippen molar-refractivity contribution >= 4 is 18.6 Å². The van der Waals surface area contributed by atoms with Crippen LogP contribution in [0.25, 0.3) is 0 Å². The predicted octanol–water partition coefficient (Wildman–Crippen LogP) is 1.94. The van der Waals surface area contributed by atoms with Crippen molar-refractivity contribution in [2.45, 2.75) is 11.8 Å². The van der Waals surface area contributed by atoms with E-state index in [1.54, 1.807) is 19.1 Å². The summed E-state index contributed by atoms with van der Waals surface area (Å²) in [5.74, 6) is -0.438. The van der Waals surface area contributed by atoms with Crippen LogP contribution in [-0.4, -0.2) is 13.1 Å². The van der Waals surface area contributed by atoms with Crippen LogP contribution in [0.4, 0.5) is 0 Å². The molecule has 0 atom stereocenters. The van der Waals surface area contributed by atoms with Gasteiger partial charge in [0.2, 0.25) is 0 Å². The fourth-order valence-electron chi connectivity index (χ4n) is 1.17. The first-order valence-corrected chi connectivity index (χ1v) is 4.37. The molecule has 3 nitrogen and oxygen atoms in total. The number of thiol groups is 1. The number of hydrogen-bond donors (Lipinski definition) is 1. The molecule has 0 bridgehead atoms. The second-order valence-corrected chi connectivity index (χ2v) is 3.22. The van der Waals surface area contributed by atoms with Crippen LogP contribution in [-0.2, 0) is 4.74 Å². The van der Waals surface area contributed by atoms with E-state index in [0.29, 0.717) is 21.6 Å². The molecule has 0 N–H and O–H groups in total. The molecule has 72 valence electrons. The zero-order chi connectivity index (χ0) is 10.7. The average Bonchev–Trinajstić information content (AvgIpc) is 2.18.